The lowest BCUT2D eigenvalue weighted by molar-refractivity contribution is -0.125. The lowest BCUT2D eigenvalue weighted by Gasteiger charge is -2.23. The number of aryl methyl sites for hydroxylation is 2. The maximum atomic E-state index is 11.2. The largest absolute Gasteiger partial charge is 0.369 e. The van der Waals surface area contributed by atoms with Gasteiger partial charge in [-0.2, -0.15) is 0 Å². The van der Waals surface area contributed by atoms with Crippen LogP contribution in [0.3, 0.4) is 0 Å². The molecular weight excluding hydrogens is 234 g/mol. The first kappa shape index (κ1) is 14.1. The topological polar surface area (TPSA) is 68.0 Å². The average molecular weight is 255 g/mol. The van der Waals surface area contributed by atoms with Crippen molar-refractivity contribution in [2.24, 2.45) is 11.1 Å². The summed E-state index contributed by atoms with van der Waals surface area (Å²) < 4.78 is 0. The van der Waals surface area contributed by atoms with E-state index in [4.69, 9.17) is 5.73 Å². The quantitative estimate of drug-likeness (QED) is 0.844. The summed E-state index contributed by atoms with van der Waals surface area (Å²) in [5.41, 5.74) is 5.87. The molecule has 1 rings (SSSR count). The van der Waals surface area contributed by atoms with E-state index in [0.29, 0.717) is 6.54 Å². The van der Waals surface area contributed by atoms with Gasteiger partial charge in [-0.05, 0) is 34.6 Å². The minimum atomic E-state index is -0.526. The standard InChI is InChI=1S/C12H21N3OS/c1-7(10-8(2)15-9(3)17-10)14-6-12(4,5)11(13)16/h7,14H,6H2,1-5H3,(H2,13,16). The number of nitrogens with two attached hydrogens (primary N) is 1. The van der Waals surface area contributed by atoms with E-state index in [0.717, 1.165) is 10.7 Å². The number of carbonyl (C=O) groups is 1. The normalized spacial score (nSPS) is 13.7. The van der Waals surface area contributed by atoms with E-state index in [1.165, 1.54) is 4.88 Å². The van der Waals surface area contributed by atoms with Gasteiger partial charge in [-0.15, -0.1) is 11.3 Å². The summed E-state index contributed by atoms with van der Waals surface area (Å²) in [6.07, 6.45) is 0. The molecule has 0 bridgehead atoms. The number of nitrogens with zero attached hydrogens (tertiary/aromatic N) is 1. The van der Waals surface area contributed by atoms with Gasteiger partial charge in [-0.1, -0.05) is 0 Å². The Morgan fingerprint density at radius 2 is 2.12 bits per heavy atom. The van der Waals surface area contributed by atoms with E-state index in [1.807, 2.05) is 27.7 Å². The highest BCUT2D eigenvalue weighted by Gasteiger charge is 2.25. The molecule has 0 radical (unpaired) electrons. The molecule has 5 heteroatoms. The number of hydrogen-bond donors (Lipinski definition) is 2. The smallest absolute Gasteiger partial charge is 0.224 e. The number of aromatic nitrogens is 1. The van der Waals surface area contributed by atoms with Gasteiger partial charge in [0.25, 0.3) is 0 Å². The van der Waals surface area contributed by atoms with Gasteiger partial charge < -0.3 is 11.1 Å². The van der Waals surface area contributed by atoms with Crippen LogP contribution in [0.25, 0.3) is 0 Å². The highest BCUT2D eigenvalue weighted by Crippen LogP contribution is 2.25. The van der Waals surface area contributed by atoms with Crippen molar-refractivity contribution < 1.29 is 4.79 Å². The fraction of sp³-hybridized carbons (Fsp3) is 0.667. The molecule has 0 saturated heterocycles. The molecule has 1 unspecified atom stereocenters. The van der Waals surface area contributed by atoms with Crippen LogP contribution >= 0.6 is 11.3 Å². The first-order valence-corrected chi connectivity index (χ1v) is 6.53. The number of thiazole rings is 1. The van der Waals surface area contributed by atoms with Crippen LogP contribution in [0, 0.1) is 19.3 Å². The molecule has 0 saturated carbocycles. The molecule has 0 aromatic carbocycles. The molecular formula is C12H21N3OS. The Morgan fingerprint density at radius 1 is 1.53 bits per heavy atom. The van der Waals surface area contributed by atoms with Crippen LogP contribution in [0.5, 0.6) is 0 Å². The summed E-state index contributed by atoms with van der Waals surface area (Å²) in [7, 11) is 0. The molecule has 96 valence electrons. The number of hydrogen-bond acceptors (Lipinski definition) is 4. The second-order valence-corrected chi connectivity index (χ2v) is 6.27. The summed E-state index contributed by atoms with van der Waals surface area (Å²) >= 11 is 1.69. The molecule has 0 spiro atoms. The zero-order valence-corrected chi connectivity index (χ0v) is 11.9. The summed E-state index contributed by atoms with van der Waals surface area (Å²) in [6.45, 7) is 10.4. The number of nitrogens with one attached hydrogen (secondary N) is 1. The van der Waals surface area contributed by atoms with E-state index in [1.54, 1.807) is 11.3 Å². The minimum Gasteiger partial charge on any atom is -0.369 e. The van der Waals surface area contributed by atoms with Crippen LogP contribution in [0.2, 0.25) is 0 Å². The zero-order valence-electron chi connectivity index (χ0n) is 11.1. The first-order chi connectivity index (χ1) is 7.74. The predicted octanol–water partition coefficient (Wildman–Crippen LogP) is 1.92. The third kappa shape index (κ3) is 3.51. The van der Waals surface area contributed by atoms with Crippen LogP contribution < -0.4 is 11.1 Å². The van der Waals surface area contributed by atoms with Crippen molar-refractivity contribution in [3.8, 4) is 0 Å². The van der Waals surface area contributed by atoms with Crippen LogP contribution in [-0.4, -0.2) is 17.4 Å². The van der Waals surface area contributed by atoms with E-state index in [9.17, 15) is 4.79 Å². The third-order valence-electron chi connectivity index (χ3n) is 2.85. The van der Waals surface area contributed by atoms with Crippen molar-refractivity contribution in [3.05, 3.63) is 15.6 Å². The Kier molecular flexibility index (Phi) is 4.27. The maximum absolute atomic E-state index is 11.2. The van der Waals surface area contributed by atoms with Crippen LogP contribution in [0.4, 0.5) is 0 Å². The summed E-state index contributed by atoms with van der Waals surface area (Å²) in [6, 6.07) is 0.194. The monoisotopic (exact) mass is 255 g/mol. The van der Waals surface area contributed by atoms with Gasteiger partial charge in [0.2, 0.25) is 5.91 Å². The van der Waals surface area contributed by atoms with Gasteiger partial charge in [0, 0.05) is 17.5 Å². The number of primary amides is 1. The summed E-state index contributed by atoms with van der Waals surface area (Å²) in [4.78, 5) is 16.8. The van der Waals surface area contributed by atoms with Crippen LogP contribution in [-0.2, 0) is 4.79 Å². The Labute approximate surface area is 107 Å². The number of carbonyl (C=O) groups excluding carboxylic acids is 1. The van der Waals surface area contributed by atoms with Gasteiger partial charge >= 0.3 is 0 Å². The third-order valence-corrected chi connectivity index (χ3v) is 4.11. The van der Waals surface area contributed by atoms with Crippen molar-refractivity contribution >= 4 is 17.2 Å². The Bertz CT molecular complexity index is 412. The first-order valence-electron chi connectivity index (χ1n) is 5.71. The van der Waals surface area contributed by atoms with Crippen LogP contribution in [0.1, 0.15) is 42.4 Å². The van der Waals surface area contributed by atoms with E-state index in [-0.39, 0.29) is 11.9 Å². The maximum Gasteiger partial charge on any atom is 0.224 e. The van der Waals surface area contributed by atoms with Gasteiger partial charge in [-0.25, -0.2) is 4.98 Å². The second kappa shape index (κ2) is 5.14. The van der Waals surface area contributed by atoms with Crippen molar-refractivity contribution in [2.75, 3.05) is 6.54 Å². The van der Waals surface area contributed by atoms with E-state index < -0.39 is 5.41 Å². The molecule has 1 heterocycles. The van der Waals surface area contributed by atoms with Crippen molar-refractivity contribution in [1.82, 2.24) is 10.3 Å². The number of amides is 1. The lowest BCUT2D eigenvalue weighted by Crippen LogP contribution is -2.41. The minimum absolute atomic E-state index is 0.194. The molecule has 1 aromatic heterocycles. The summed E-state index contributed by atoms with van der Waals surface area (Å²) in [5.74, 6) is -0.283. The molecule has 0 aliphatic carbocycles. The molecule has 1 aromatic rings. The van der Waals surface area contributed by atoms with Crippen molar-refractivity contribution in [2.45, 2.75) is 40.7 Å². The molecule has 1 amide bonds. The number of rotatable bonds is 5. The van der Waals surface area contributed by atoms with E-state index >= 15 is 0 Å². The highest BCUT2D eigenvalue weighted by atomic mass is 32.1. The molecule has 1 atom stereocenters. The molecule has 17 heavy (non-hydrogen) atoms. The highest BCUT2D eigenvalue weighted by molar-refractivity contribution is 7.11. The Hall–Kier alpha value is -0.940. The molecule has 0 fully saturated rings. The zero-order chi connectivity index (χ0) is 13.2. The predicted molar refractivity (Wildman–Crippen MR) is 71.0 cm³/mol. The van der Waals surface area contributed by atoms with Crippen LogP contribution in [0.15, 0.2) is 0 Å². The van der Waals surface area contributed by atoms with Gasteiger partial charge in [0.15, 0.2) is 0 Å². The lowest BCUT2D eigenvalue weighted by atomic mass is 9.92. The fourth-order valence-electron chi connectivity index (χ4n) is 1.54. The summed E-state index contributed by atoms with van der Waals surface area (Å²) in [5, 5.41) is 4.41. The SMILES string of the molecule is Cc1nc(C)c(C(C)NCC(C)(C)C(N)=O)s1. The van der Waals surface area contributed by atoms with Gasteiger partial charge in [-0.3, -0.25) is 4.79 Å². The molecule has 4 nitrogen and oxygen atoms in total. The molecule has 3 N–H and O–H groups in total. The average Bonchev–Trinajstić information content (AvgIpc) is 2.54. The van der Waals surface area contributed by atoms with Crippen molar-refractivity contribution in [3.63, 3.8) is 0 Å². The van der Waals surface area contributed by atoms with Gasteiger partial charge in [0.1, 0.15) is 0 Å². The Morgan fingerprint density at radius 3 is 2.53 bits per heavy atom. The van der Waals surface area contributed by atoms with Gasteiger partial charge in [0.05, 0.1) is 16.1 Å². The molecule has 0 aliphatic heterocycles. The Balaban J connectivity index is 2.65. The second-order valence-electron chi connectivity index (χ2n) is 5.03. The van der Waals surface area contributed by atoms with Crippen molar-refractivity contribution in [1.29, 1.82) is 0 Å². The van der Waals surface area contributed by atoms with E-state index in [2.05, 4.69) is 17.2 Å². The molecule has 0 aliphatic rings. The fourth-order valence-corrected chi connectivity index (χ4v) is 2.49.